The van der Waals surface area contributed by atoms with Crippen molar-refractivity contribution in [2.24, 2.45) is 5.92 Å². The van der Waals surface area contributed by atoms with Gasteiger partial charge in [-0.05, 0) is 5.92 Å². The molecule has 0 bridgehead atoms. The van der Waals surface area contributed by atoms with Crippen LogP contribution in [-0.4, -0.2) is 29.8 Å². The average molecular weight is 245 g/mol. The Balaban J connectivity index is 2.77. The molecule has 6 heteroatoms. The number of pyridine rings is 1. The van der Waals surface area contributed by atoms with Gasteiger partial charge in [0, 0.05) is 19.7 Å². The van der Waals surface area contributed by atoms with Crippen molar-refractivity contribution in [1.29, 1.82) is 0 Å². The molecule has 0 aromatic carbocycles. The van der Waals surface area contributed by atoms with Crippen LogP contribution in [-0.2, 0) is 0 Å². The lowest BCUT2D eigenvalue weighted by molar-refractivity contribution is 0.137. The zero-order chi connectivity index (χ0) is 13.0. The van der Waals surface area contributed by atoms with Gasteiger partial charge in [0.2, 0.25) is 0 Å². The highest BCUT2D eigenvalue weighted by Crippen LogP contribution is 2.18. The van der Waals surface area contributed by atoms with Crippen LogP contribution in [0.3, 0.4) is 0 Å². The minimum absolute atomic E-state index is 0.0343. The third-order valence-electron chi connectivity index (χ3n) is 2.41. The first kappa shape index (κ1) is 13.6. The van der Waals surface area contributed by atoms with E-state index in [0.717, 1.165) is 6.07 Å². The van der Waals surface area contributed by atoms with Crippen LogP contribution in [0, 0.1) is 17.6 Å². The summed E-state index contributed by atoms with van der Waals surface area (Å²) >= 11 is 0. The lowest BCUT2D eigenvalue weighted by Gasteiger charge is -2.16. The van der Waals surface area contributed by atoms with Gasteiger partial charge in [-0.2, -0.15) is 0 Å². The Labute approximate surface area is 99.1 Å². The molecule has 0 spiro atoms. The highest BCUT2D eigenvalue weighted by molar-refractivity contribution is 5.47. The third-order valence-corrected chi connectivity index (χ3v) is 2.41. The SMILES string of the molecule is CNc1nc(NCC(O)C(C)C)c(F)cc1F. The summed E-state index contributed by atoms with van der Waals surface area (Å²) in [4.78, 5) is 3.74. The van der Waals surface area contributed by atoms with Crippen molar-refractivity contribution in [3.63, 3.8) is 0 Å². The van der Waals surface area contributed by atoms with E-state index < -0.39 is 17.7 Å². The smallest absolute Gasteiger partial charge is 0.168 e. The fourth-order valence-electron chi connectivity index (χ4n) is 1.20. The summed E-state index contributed by atoms with van der Waals surface area (Å²) in [5, 5.41) is 14.7. The number of hydrogen-bond acceptors (Lipinski definition) is 4. The largest absolute Gasteiger partial charge is 0.391 e. The maximum atomic E-state index is 13.3. The Morgan fingerprint density at radius 2 is 1.88 bits per heavy atom. The Morgan fingerprint density at radius 1 is 1.29 bits per heavy atom. The number of aromatic nitrogens is 1. The summed E-state index contributed by atoms with van der Waals surface area (Å²) in [6, 6.07) is 0.753. The van der Waals surface area contributed by atoms with Crippen molar-refractivity contribution < 1.29 is 13.9 Å². The normalized spacial score (nSPS) is 12.6. The molecule has 0 fully saturated rings. The molecule has 1 heterocycles. The lowest BCUT2D eigenvalue weighted by atomic mass is 10.1. The first-order valence-electron chi connectivity index (χ1n) is 5.41. The summed E-state index contributed by atoms with van der Waals surface area (Å²) in [5.41, 5.74) is 0. The molecule has 0 saturated heterocycles. The van der Waals surface area contributed by atoms with E-state index in [4.69, 9.17) is 0 Å². The first-order valence-corrected chi connectivity index (χ1v) is 5.41. The molecule has 0 aliphatic carbocycles. The van der Waals surface area contributed by atoms with Crippen molar-refractivity contribution in [3.05, 3.63) is 17.7 Å². The van der Waals surface area contributed by atoms with Crippen molar-refractivity contribution in [1.82, 2.24) is 4.98 Å². The van der Waals surface area contributed by atoms with Crippen LogP contribution in [0.5, 0.6) is 0 Å². The molecule has 0 amide bonds. The van der Waals surface area contributed by atoms with Crippen LogP contribution in [0.2, 0.25) is 0 Å². The number of aliphatic hydroxyl groups is 1. The van der Waals surface area contributed by atoms with E-state index in [-0.39, 0.29) is 24.1 Å². The van der Waals surface area contributed by atoms with Crippen LogP contribution in [0.25, 0.3) is 0 Å². The molecule has 1 aromatic heterocycles. The molecule has 0 aliphatic heterocycles. The van der Waals surface area contributed by atoms with Gasteiger partial charge in [0.1, 0.15) is 0 Å². The standard InChI is InChI=1S/C11H17F2N3O/c1-6(2)9(17)5-15-11-8(13)4-7(12)10(14-3)16-11/h4,6,9,17H,5H2,1-3H3,(H2,14,15,16). The monoisotopic (exact) mass is 245 g/mol. The topological polar surface area (TPSA) is 57.2 Å². The van der Waals surface area contributed by atoms with Gasteiger partial charge in [0.05, 0.1) is 6.10 Å². The maximum absolute atomic E-state index is 13.3. The van der Waals surface area contributed by atoms with Crippen LogP contribution < -0.4 is 10.6 Å². The molecule has 0 radical (unpaired) electrons. The summed E-state index contributed by atoms with van der Waals surface area (Å²) in [6.07, 6.45) is -0.612. The number of halogens is 2. The molecule has 3 N–H and O–H groups in total. The van der Waals surface area contributed by atoms with Gasteiger partial charge >= 0.3 is 0 Å². The Hall–Kier alpha value is -1.43. The molecule has 17 heavy (non-hydrogen) atoms. The Bertz CT molecular complexity index is 385. The van der Waals surface area contributed by atoms with E-state index in [0.29, 0.717) is 0 Å². The van der Waals surface area contributed by atoms with E-state index in [2.05, 4.69) is 15.6 Å². The van der Waals surface area contributed by atoms with Gasteiger partial charge in [-0.25, -0.2) is 13.8 Å². The highest BCUT2D eigenvalue weighted by atomic mass is 19.1. The number of anilines is 2. The number of nitrogens with one attached hydrogen (secondary N) is 2. The zero-order valence-corrected chi connectivity index (χ0v) is 10.1. The quantitative estimate of drug-likeness (QED) is 0.740. The average Bonchev–Trinajstić information content (AvgIpc) is 2.27. The molecular weight excluding hydrogens is 228 g/mol. The highest BCUT2D eigenvalue weighted by Gasteiger charge is 2.13. The zero-order valence-electron chi connectivity index (χ0n) is 10.1. The predicted octanol–water partition coefficient (Wildman–Crippen LogP) is 1.83. The van der Waals surface area contributed by atoms with Gasteiger partial charge in [0.15, 0.2) is 23.3 Å². The van der Waals surface area contributed by atoms with Gasteiger partial charge in [-0.15, -0.1) is 0 Å². The van der Waals surface area contributed by atoms with Crippen molar-refractivity contribution >= 4 is 11.6 Å². The van der Waals surface area contributed by atoms with E-state index in [1.807, 2.05) is 13.8 Å². The number of nitrogens with zero attached hydrogens (tertiary/aromatic N) is 1. The molecule has 96 valence electrons. The van der Waals surface area contributed by atoms with Crippen molar-refractivity contribution in [2.75, 3.05) is 24.2 Å². The number of rotatable bonds is 5. The van der Waals surface area contributed by atoms with E-state index in [1.165, 1.54) is 7.05 Å². The fraction of sp³-hybridized carbons (Fsp3) is 0.545. The maximum Gasteiger partial charge on any atom is 0.168 e. The van der Waals surface area contributed by atoms with Gasteiger partial charge in [-0.3, -0.25) is 0 Å². The summed E-state index contributed by atoms with van der Waals surface area (Å²) in [6.45, 7) is 3.86. The molecule has 1 aromatic rings. The van der Waals surface area contributed by atoms with Crippen LogP contribution >= 0.6 is 0 Å². The van der Waals surface area contributed by atoms with E-state index >= 15 is 0 Å². The lowest BCUT2D eigenvalue weighted by Crippen LogP contribution is -2.25. The minimum Gasteiger partial charge on any atom is -0.391 e. The number of hydrogen-bond donors (Lipinski definition) is 3. The fourth-order valence-corrected chi connectivity index (χ4v) is 1.20. The van der Waals surface area contributed by atoms with Gasteiger partial charge in [-0.1, -0.05) is 13.8 Å². The first-order chi connectivity index (χ1) is 7.95. The second kappa shape index (κ2) is 5.77. The molecular formula is C11H17F2N3O. The van der Waals surface area contributed by atoms with Gasteiger partial charge < -0.3 is 15.7 Å². The van der Waals surface area contributed by atoms with Crippen molar-refractivity contribution in [2.45, 2.75) is 20.0 Å². The predicted molar refractivity (Wildman–Crippen MR) is 63.0 cm³/mol. The molecule has 1 unspecified atom stereocenters. The number of aliphatic hydroxyl groups excluding tert-OH is 1. The Kier molecular flexibility index (Phi) is 4.62. The van der Waals surface area contributed by atoms with E-state index in [9.17, 15) is 13.9 Å². The molecule has 4 nitrogen and oxygen atoms in total. The van der Waals surface area contributed by atoms with Crippen LogP contribution in [0.4, 0.5) is 20.4 Å². The van der Waals surface area contributed by atoms with Gasteiger partial charge in [0.25, 0.3) is 0 Å². The minimum atomic E-state index is -0.780. The van der Waals surface area contributed by atoms with Crippen LogP contribution in [0.1, 0.15) is 13.8 Å². The summed E-state index contributed by atoms with van der Waals surface area (Å²) in [5.74, 6) is -1.59. The van der Waals surface area contributed by atoms with E-state index in [1.54, 1.807) is 0 Å². The molecule has 1 atom stereocenters. The summed E-state index contributed by atoms with van der Waals surface area (Å²) in [7, 11) is 1.50. The van der Waals surface area contributed by atoms with Crippen molar-refractivity contribution in [3.8, 4) is 0 Å². The summed E-state index contributed by atoms with van der Waals surface area (Å²) < 4.78 is 26.5. The molecule has 0 saturated carbocycles. The van der Waals surface area contributed by atoms with Crippen LogP contribution in [0.15, 0.2) is 6.07 Å². The Morgan fingerprint density at radius 3 is 2.41 bits per heavy atom. The second-order valence-electron chi connectivity index (χ2n) is 4.09. The molecule has 0 aliphatic rings. The third kappa shape index (κ3) is 3.52. The second-order valence-corrected chi connectivity index (χ2v) is 4.09. The molecule has 1 rings (SSSR count).